The summed E-state index contributed by atoms with van der Waals surface area (Å²) in [6, 6.07) is 6.92. The van der Waals surface area contributed by atoms with Crippen molar-refractivity contribution < 1.29 is 0 Å². The topological polar surface area (TPSA) is 0 Å². The Balaban J connectivity index is 2.16. The number of hydrogen-bond acceptors (Lipinski definition) is 0. The quantitative estimate of drug-likeness (QED) is 0.608. The molecule has 0 radical (unpaired) electrons. The third-order valence-electron chi connectivity index (χ3n) is 4.21. The van der Waals surface area contributed by atoms with Crippen LogP contribution in [0.4, 0.5) is 0 Å². The number of aryl methyl sites for hydroxylation is 1. The molecule has 0 spiro atoms. The Bertz CT molecular complexity index is 505. The normalized spacial score (nSPS) is 30.9. The van der Waals surface area contributed by atoms with E-state index in [1.165, 1.54) is 23.1 Å². The first-order valence-corrected chi connectivity index (χ1v) is 6.07. The van der Waals surface area contributed by atoms with Crippen molar-refractivity contribution in [2.24, 2.45) is 5.92 Å². The highest BCUT2D eigenvalue weighted by Gasteiger charge is 2.40. The zero-order chi connectivity index (χ0) is 11.3. The summed E-state index contributed by atoms with van der Waals surface area (Å²) in [5.41, 5.74) is 6.10. The number of fused-ring (bicyclic) bond motifs is 3. The Morgan fingerprint density at radius 3 is 2.88 bits per heavy atom. The number of allylic oxidation sites excluding steroid dienone is 4. The first-order valence-electron chi connectivity index (χ1n) is 6.07. The van der Waals surface area contributed by atoms with Gasteiger partial charge in [0, 0.05) is 5.41 Å². The summed E-state index contributed by atoms with van der Waals surface area (Å²) in [6.07, 6.45) is 8.31. The zero-order valence-corrected chi connectivity index (χ0v) is 10.2. The Labute approximate surface area is 97.7 Å². The molecule has 2 aliphatic rings. The van der Waals surface area contributed by atoms with Crippen LogP contribution < -0.4 is 0 Å². The Hall–Kier alpha value is -1.30. The molecule has 0 fully saturated rings. The van der Waals surface area contributed by atoms with Crippen molar-refractivity contribution in [2.45, 2.75) is 32.6 Å². The van der Waals surface area contributed by atoms with Crippen molar-refractivity contribution in [2.75, 3.05) is 0 Å². The first kappa shape index (κ1) is 9.89. The van der Waals surface area contributed by atoms with Gasteiger partial charge in [-0.25, -0.2) is 0 Å². The minimum absolute atomic E-state index is 0.239. The van der Waals surface area contributed by atoms with Crippen molar-refractivity contribution in [1.29, 1.82) is 0 Å². The highest BCUT2D eigenvalue weighted by Crippen LogP contribution is 2.47. The van der Waals surface area contributed by atoms with Gasteiger partial charge < -0.3 is 0 Å². The first-order chi connectivity index (χ1) is 7.59. The predicted octanol–water partition coefficient (Wildman–Crippen LogP) is 3.94. The van der Waals surface area contributed by atoms with E-state index in [-0.39, 0.29) is 5.41 Å². The molecule has 82 valence electrons. The SMILES string of the molecule is CC1=CC2Cc3cc(C)ccc3C2(C)C=C1. The molecule has 3 rings (SSSR count). The van der Waals surface area contributed by atoms with Gasteiger partial charge in [-0.3, -0.25) is 0 Å². The minimum atomic E-state index is 0.239. The Morgan fingerprint density at radius 1 is 1.25 bits per heavy atom. The molecular weight excluding hydrogens is 192 g/mol. The fourth-order valence-corrected chi connectivity index (χ4v) is 3.19. The second-order valence-corrected chi connectivity index (χ2v) is 5.50. The average molecular weight is 210 g/mol. The van der Waals surface area contributed by atoms with Crippen LogP contribution in [0.5, 0.6) is 0 Å². The Kier molecular flexibility index (Phi) is 1.92. The molecule has 2 aliphatic carbocycles. The van der Waals surface area contributed by atoms with E-state index in [1.54, 1.807) is 5.56 Å². The molecule has 0 bridgehead atoms. The summed E-state index contributed by atoms with van der Waals surface area (Å²) < 4.78 is 0. The summed E-state index contributed by atoms with van der Waals surface area (Å²) in [7, 11) is 0. The maximum atomic E-state index is 2.44. The summed E-state index contributed by atoms with van der Waals surface area (Å²) in [5.74, 6) is 0.661. The number of rotatable bonds is 0. The van der Waals surface area contributed by atoms with Crippen LogP contribution >= 0.6 is 0 Å². The van der Waals surface area contributed by atoms with Crippen molar-refractivity contribution in [3.63, 3.8) is 0 Å². The van der Waals surface area contributed by atoms with Gasteiger partial charge in [0.1, 0.15) is 0 Å². The van der Waals surface area contributed by atoms with Gasteiger partial charge in [-0.1, -0.05) is 54.5 Å². The van der Waals surface area contributed by atoms with Crippen molar-refractivity contribution in [3.05, 3.63) is 58.7 Å². The summed E-state index contributed by atoms with van der Waals surface area (Å²) in [6.45, 7) is 6.75. The monoisotopic (exact) mass is 210 g/mol. The van der Waals surface area contributed by atoms with Gasteiger partial charge >= 0.3 is 0 Å². The van der Waals surface area contributed by atoms with Gasteiger partial charge in [0.05, 0.1) is 0 Å². The molecule has 0 heterocycles. The molecule has 16 heavy (non-hydrogen) atoms. The van der Waals surface area contributed by atoms with Crippen LogP contribution in [0, 0.1) is 12.8 Å². The molecule has 0 nitrogen and oxygen atoms in total. The lowest BCUT2D eigenvalue weighted by atomic mass is 9.73. The van der Waals surface area contributed by atoms with Crippen LogP contribution in [0.25, 0.3) is 0 Å². The van der Waals surface area contributed by atoms with Crippen LogP contribution in [0.2, 0.25) is 0 Å². The highest BCUT2D eigenvalue weighted by molar-refractivity contribution is 5.50. The summed E-state index contributed by atoms with van der Waals surface area (Å²) >= 11 is 0. The molecule has 0 amide bonds. The van der Waals surface area contributed by atoms with E-state index in [0.717, 1.165) is 0 Å². The van der Waals surface area contributed by atoms with Gasteiger partial charge in [0.25, 0.3) is 0 Å². The largest absolute Gasteiger partial charge is 0.0770 e. The van der Waals surface area contributed by atoms with E-state index in [4.69, 9.17) is 0 Å². The molecule has 0 aliphatic heterocycles. The predicted molar refractivity (Wildman–Crippen MR) is 68.6 cm³/mol. The lowest BCUT2D eigenvalue weighted by Crippen LogP contribution is -2.26. The van der Waals surface area contributed by atoms with Crippen molar-refractivity contribution in [1.82, 2.24) is 0 Å². The van der Waals surface area contributed by atoms with Crippen LogP contribution in [-0.4, -0.2) is 0 Å². The van der Waals surface area contributed by atoms with E-state index in [0.29, 0.717) is 5.92 Å². The van der Waals surface area contributed by atoms with Gasteiger partial charge in [-0.05, 0) is 37.3 Å². The fourth-order valence-electron chi connectivity index (χ4n) is 3.19. The van der Waals surface area contributed by atoms with Gasteiger partial charge in [-0.15, -0.1) is 0 Å². The lowest BCUT2D eigenvalue weighted by molar-refractivity contribution is 0.463. The van der Waals surface area contributed by atoms with Crippen LogP contribution in [0.1, 0.15) is 30.5 Å². The summed E-state index contributed by atoms with van der Waals surface area (Å²) in [5, 5.41) is 0. The third-order valence-corrected chi connectivity index (χ3v) is 4.21. The van der Waals surface area contributed by atoms with Gasteiger partial charge in [-0.2, -0.15) is 0 Å². The van der Waals surface area contributed by atoms with E-state index in [1.807, 2.05) is 0 Å². The van der Waals surface area contributed by atoms with Crippen LogP contribution in [0.15, 0.2) is 42.0 Å². The molecule has 1 aromatic rings. The fraction of sp³-hybridized carbons (Fsp3) is 0.375. The van der Waals surface area contributed by atoms with Crippen LogP contribution in [0.3, 0.4) is 0 Å². The molecule has 2 unspecified atom stereocenters. The van der Waals surface area contributed by atoms with E-state index in [2.05, 4.69) is 57.2 Å². The number of benzene rings is 1. The molecule has 1 aromatic carbocycles. The second-order valence-electron chi connectivity index (χ2n) is 5.50. The molecule has 0 saturated heterocycles. The smallest absolute Gasteiger partial charge is 0.0176 e. The van der Waals surface area contributed by atoms with E-state index >= 15 is 0 Å². The average Bonchev–Trinajstić information content (AvgIpc) is 2.50. The highest BCUT2D eigenvalue weighted by atomic mass is 14.4. The molecule has 0 N–H and O–H groups in total. The maximum absolute atomic E-state index is 2.44. The zero-order valence-electron chi connectivity index (χ0n) is 10.2. The Morgan fingerprint density at radius 2 is 2.06 bits per heavy atom. The molecule has 0 aromatic heterocycles. The lowest BCUT2D eigenvalue weighted by Gasteiger charge is -2.30. The van der Waals surface area contributed by atoms with Crippen LogP contribution in [-0.2, 0) is 11.8 Å². The molecule has 0 saturated carbocycles. The van der Waals surface area contributed by atoms with Crippen molar-refractivity contribution in [3.8, 4) is 0 Å². The maximum Gasteiger partial charge on any atom is 0.0176 e. The van der Waals surface area contributed by atoms with Crippen molar-refractivity contribution >= 4 is 0 Å². The second kappa shape index (κ2) is 3.10. The summed E-state index contributed by atoms with van der Waals surface area (Å²) in [4.78, 5) is 0. The minimum Gasteiger partial charge on any atom is -0.0770 e. The van der Waals surface area contributed by atoms with E-state index in [9.17, 15) is 0 Å². The standard InChI is InChI=1S/C16H18/c1-11-4-5-15-13(8-11)10-14-9-12(2)6-7-16(14,15)3/h4-9,14H,10H2,1-3H3. The van der Waals surface area contributed by atoms with E-state index < -0.39 is 0 Å². The van der Waals surface area contributed by atoms with Gasteiger partial charge in [0.15, 0.2) is 0 Å². The number of hydrogen-bond donors (Lipinski definition) is 0. The van der Waals surface area contributed by atoms with Gasteiger partial charge in [0.2, 0.25) is 0 Å². The molecule has 0 heteroatoms. The molecule has 2 atom stereocenters. The molecular formula is C16H18. The third kappa shape index (κ3) is 1.22.